The normalized spacial score (nSPS) is 11.4. The summed E-state index contributed by atoms with van der Waals surface area (Å²) in [6, 6.07) is 6.48. The number of rotatable bonds is 5. The van der Waals surface area contributed by atoms with Gasteiger partial charge in [0.1, 0.15) is 11.6 Å². The summed E-state index contributed by atoms with van der Waals surface area (Å²) >= 11 is 0. The van der Waals surface area contributed by atoms with E-state index in [-0.39, 0.29) is 0 Å². The Bertz CT molecular complexity index is 860. The van der Waals surface area contributed by atoms with Crippen molar-refractivity contribution in [3.05, 3.63) is 71.3 Å². The van der Waals surface area contributed by atoms with Gasteiger partial charge < -0.3 is 10.1 Å². The lowest BCUT2D eigenvalue weighted by Crippen LogP contribution is -2.20. The monoisotopic (exact) mass is 385 g/mol. The fraction of sp³-hybridized carbons (Fsp3) is 0.111. The number of carbonyl (C=O) groups is 2. The highest BCUT2D eigenvalue weighted by molar-refractivity contribution is 5.94. The molecule has 1 N–H and O–H groups in total. The van der Waals surface area contributed by atoms with Gasteiger partial charge in [-0.05, 0) is 35.9 Å². The van der Waals surface area contributed by atoms with Crippen molar-refractivity contribution in [1.82, 2.24) is 0 Å². The summed E-state index contributed by atoms with van der Waals surface area (Å²) in [7, 11) is 0. The average Bonchev–Trinajstić information content (AvgIpc) is 2.61. The minimum absolute atomic E-state index is 0.311. The second-order valence-corrected chi connectivity index (χ2v) is 5.23. The van der Waals surface area contributed by atoms with Crippen molar-refractivity contribution in [1.29, 1.82) is 0 Å². The first kappa shape index (κ1) is 20.1. The van der Waals surface area contributed by atoms with E-state index in [1.807, 2.05) is 5.32 Å². The lowest BCUT2D eigenvalue weighted by Gasteiger charge is -2.07. The predicted octanol–water partition coefficient (Wildman–Crippen LogP) is 4.18. The van der Waals surface area contributed by atoms with Crippen molar-refractivity contribution < 1.29 is 36.3 Å². The molecular weight excluding hydrogens is 373 g/mol. The summed E-state index contributed by atoms with van der Waals surface area (Å²) in [5.41, 5.74) is -0.925. The molecule has 0 saturated heterocycles. The number of amides is 1. The van der Waals surface area contributed by atoms with Gasteiger partial charge in [-0.15, -0.1) is 0 Å². The molecule has 0 saturated carbocycles. The van der Waals surface area contributed by atoms with Gasteiger partial charge in [0.15, 0.2) is 6.61 Å². The van der Waals surface area contributed by atoms with Gasteiger partial charge in [-0.1, -0.05) is 12.1 Å². The minimum Gasteiger partial charge on any atom is -0.452 e. The number of benzene rings is 2. The molecule has 1 amide bonds. The Morgan fingerprint density at radius 1 is 1.04 bits per heavy atom. The number of carbonyl (C=O) groups excluding carboxylic acids is 2. The van der Waals surface area contributed by atoms with E-state index in [0.29, 0.717) is 5.56 Å². The Labute approximate surface area is 150 Å². The number of esters is 1. The molecule has 2 rings (SSSR count). The van der Waals surface area contributed by atoms with Crippen LogP contribution < -0.4 is 5.32 Å². The standard InChI is InChI=1S/C18H12F5NO3/c19-13-6-7-14(20)15(9-13)24-16(25)10-27-17(26)8-3-11-1-4-12(5-2-11)18(21,22)23/h1-9H,10H2,(H,24,25)/b8-3+. The number of halogens is 5. The molecule has 27 heavy (non-hydrogen) atoms. The van der Waals surface area contributed by atoms with Gasteiger partial charge in [0, 0.05) is 12.1 Å². The Morgan fingerprint density at radius 2 is 1.70 bits per heavy atom. The molecule has 0 bridgehead atoms. The second kappa shape index (κ2) is 8.43. The maximum absolute atomic E-state index is 13.4. The van der Waals surface area contributed by atoms with Crippen molar-refractivity contribution in [2.45, 2.75) is 6.18 Å². The zero-order chi connectivity index (χ0) is 20.0. The molecule has 0 spiro atoms. The van der Waals surface area contributed by atoms with E-state index in [0.717, 1.165) is 48.5 Å². The summed E-state index contributed by atoms with van der Waals surface area (Å²) in [5.74, 6) is -3.46. The third kappa shape index (κ3) is 6.21. The van der Waals surface area contributed by atoms with Crippen LogP contribution in [0.25, 0.3) is 6.08 Å². The topological polar surface area (TPSA) is 55.4 Å². The molecule has 0 aliphatic heterocycles. The first-order chi connectivity index (χ1) is 12.6. The first-order valence-electron chi connectivity index (χ1n) is 7.42. The predicted molar refractivity (Wildman–Crippen MR) is 86.4 cm³/mol. The Hall–Kier alpha value is -3.23. The number of ether oxygens (including phenoxy) is 1. The van der Waals surface area contributed by atoms with E-state index < -0.39 is 47.5 Å². The van der Waals surface area contributed by atoms with Crippen molar-refractivity contribution >= 4 is 23.6 Å². The second-order valence-electron chi connectivity index (χ2n) is 5.23. The molecule has 9 heteroatoms. The smallest absolute Gasteiger partial charge is 0.416 e. The molecule has 0 aliphatic carbocycles. The average molecular weight is 385 g/mol. The number of anilines is 1. The maximum Gasteiger partial charge on any atom is 0.416 e. The van der Waals surface area contributed by atoms with Crippen molar-refractivity contribution in [2.75, 3.05) is 11.9 Å². The van der Waals surface area contributed by atoms with Crippen LogP contribution in [0.3, 0.4) is 0 Å². The zero-order valence-corrected chi connectivity index (χ0v) is 13.5. The molecule has 142 valence electrons. The van der Waals surface area contributed by atoms with Crippen LogP contribution in [-0.4, -0.2) is 18.5 Å². The van der Waals surface area contributed by atoms with E-state index in [1.165, 1.54) is 6.08 Å². The summed E-state index contributed by atoms with van der Waals surface area (Å²) in [4.78, 5) is 23.1. The lowest BCUT2D eigenvalue weighted by molar-refractivity contribution is -0.142. The molecule has 4 nitrogen and oxygen atoms in total. The van der Waals surface area contributed by atoms with Gasteiger partial charge in [0.05, 0.1) is 11.3 Å². The molecule has 0 unspecified atom stereocenters. The number of alkyl halides is 3. The largest absolute Gasteiger partial charge is 0.452 e. The van der Waals surface area contributed by atoms with E-state index in [1.54, 1.807) is 0 Å². The minimum atomic E-state index is -4.46. The summed E-state index contributed by atoms with van der Waals surface area (Å²) < 4.78 is 68.3. The van der Waals surface area contributed by atoms with Crippen LogP contribution in [-0.2, 0) is 20.5 Å². The molecule has 0 aromatic heterocycles. The molecule has 0 heterocycles. The van der Waals surface area contributed by atoms with Crippen LogP contribution in [0.4, 0.5) is 27.6 Å². The van der Waals surface area contributed by atoms with E-state index >= 15 is 0 Å². The first-order valence-corrected chi connectivity index (χ1v) is 7.42. The van der Waals surface area contributed by atoms with Crippen LogP contribution in [0.5, 0.6) is 0 Å². The number of hydrogen-bond donors (Lipinski definition) is 1. The van der Waals surface area contributed by atoms with E-state index in [2.05, 4.69) is 4.74 Å². The lowest BCUT2D eigenvalue weighted by atomic mass is 10.1. The van der Waals surface area contributed by atoms with E-state index in [4.69, 9.17) is 0 Å². The van der Waals surface area contributed by atoms with Crippen molar-refractivity contribution in [2.24, 2.45) is 0 Å². The molecule has 2 aromatic rings. The van der Waals surface area contributed by atoms with Crippen LogP contribution in [0.1, 0.15) is 11.1 Å². The quantitative estimate of drug-likeness (QED) is 0.477. The van der Waals surface area contributed by atoms with Gasteiger partial charge in [0.25, 0.3) is 5.91 Å². The molecular formula is C18H12F5NO3. The molecule has 0 aliphatic rings. The highest BCUT2D eigenvalue weighted by atomic mass is 19.4. The number of nitrogens with one attached hydrogen (secondary N) is 1. The zero-order valence-electron chi connectivity index (χ0n) is 13.5. The molecule has 0 fully saturated rings. The summed E-state index contributed by atoms with van der Waals surface area (Å²) in [6.45, 7) is -0.758. The van der Waals surface area contributed by atoms with Crippen LogP contribution in [0, 0.1) is 11.6 Å². The van der Waals surface area contributed by atoms with Gasteiger partial charge in [-0.2, -0.15) is 13.2 Å². The SMILES string of the molecule is O=C(COC(=O)/C=C/c1ccc(C(F)(F)F)cc1)Nc1cc(F)ccc1F. The van der Waals surface area contributed by atoms with Crippen LogP contribution >= 0.6 is 0 Å². The fourth-order valence-corrected chi connectivity index (χ4v) is 1.91. The summed E-state index contributed by atoms with van der Waals surface area (Å²) in [5, 5.41) is 2.04. The Kier molecular flexibility index (Phi) is 6.27. The highest BCUT2D eigenvalue weighted by Gasteiger charge is 2.29. The molecule has 2 aromatic carbocycles. The van der Waals surface area contributed by atoms with Gasteiger partial charge in [-0.3, -0.25) is 4.79 Å². The van der Waals surface area contributed by atoms with Crippen molar-refractivity contribution in [3.63, 3.8) is 0 Å². The number of hydrogen-bond acceptors (Lipinski definition) is 3. The van der Waals surface area contributed by atoms with Crippen LogP contribution in [0.15, 0.2) is 48.5 Å². The van der Waals surface area contributed by atoms with Crippen LogP contribution in [0.2, 0.25) is 0 Å². The fourth-order valence-electron chi connectivity index (χ4n) is 1.91. The Morgan fingerprint density at radius 3 is 2.33 bits per heavy atom. The Balaban J connectivity index is 1.85. The highest BCUT2D eigenvalue weighted by Crippen LogP contribution is 2.29. The maximum atomic E-state index is 13.4. The van der Waals surface area contributed by atoms with Gasteiger partial charge >= 0.3 is 12.1 Å². The van der Waals surface area contributed by atoms with E-state index in [9.17, 15) is 31.5 Å². The molecule has 0 radical (unpaired) electrons. The van der Waals surface area contributed by atoms with Gasteiger partial charge in [0.2, 0.25) is 0 Å². The third-order valence-corrected chi connectivity index (χ3v) is 3.20. The van der Waals surface area contributed by atoms with Gasteiger partial charge in [-0.25, -0.2) is 13.6 Å². The molecule has 0 atom stereocenters. The summed E-state index contributed by atoms with van der Waals surface area (Å²) in [6.07, 6.45) is -2.35. The third-order valence-electron chi connectivity index (χ3n) is 3.20. The van der Waals surface area contributed by atoms with Crippen molar-refractivity contribution in [3.8, 4) is 0 Å².